The van der Waals surface area contributed by atoms with Crippen molar-refractivity contribution in [3.8, 4) is 11.5 Å². The van der Waals surface area contributed by atoms with Crippen molar-refractivity contribution in [2.75, 3.05) is 62.6 Å². The number of rotatable bonds is 8. The smallest absolute Gasteiger partial charge is 0.243 e. The van der Waals surface area contributed by atoms with Crippen molar-refractivity contribution in [3.63, 3.8) is 0 Å². The molecular formula is C34H42N4O8S2. The van der Waals surface area contributed by atoms with Crippen LogP contribution in [0.15, 0.2) is 53.4 Å². The molecule has 1 amide bonds. The number of piperidine rings is 2. The van der Waals surface area contributed by atoms with E-state index >= 15 is 0 Å². The minimum Gasteiger partial charge on any atom is -0.486 e. The zero-order valence-electron chi connectivity index (χ0n) is 27.1. The van der Waals surface area contributed by atoms with Crippen LogP contribution < -0.4 is 19.7 Å². The molecule has 0 radical (unpaired) electrons. The molecule has 14 heteroatoms. The van der Waals surface area contributed by atoms with Crippen molar-refractivity contribution in [3.05, 3.63) is 54.1 Å². The molecule has 1 atom stereocenters. The molecule has 4 aliphatic rings. The van der Waals surface area contributed by atoms with Crippen LogP contribution in [0, 0.1) is 5.92 Å². The first-order valence-corrected chi connectivity index (χ1v) is 19.9. The van der Waals surface area contributed by atoms with E-state index in [-0.39, 0.29) is 17.3 Å². The van der Waals surface area contributed by atoms with Crippen molar-refractivity contribution >= 4 is 48.1 Å². The highest BCUT2D eigenvalue weighted by atomic mass is 32.2. The quantitative estimate of drug-likeness (QED) is 0.368. The van der Waals surface area contributed by atoms with E-state index in [4.69, 9.17) is 14.2 Å². The average Bonchev–Trinajstić information content (AvgIpc) is 3.27. The van der Waals surface area contributed by atoms with Crippen molar-refractivity contribution in [1.82, 2.24) is 8.61 Å². The summed E-state index contributed by atoms with van der Waals surface area (Å²) in [4.78, 5) is 16.2. The van der Waals surface area contributed by atoms with E-state index < -0.39 is 26.1 Å². The van der Waals surface area contributed by atoms with E-state index in [0.717, 1.165) is 54.3 Å². The van der Waals surface area contributed by atoms with E-state index in [1.165, 1.54) is 22.7 Å². The number of carbonyl (C=O) groups is 1. The summed E-state index contributed by atoms with van der Waals surface area (Å²) in [5.41, 5.74) is 2.66. The van der Waals surface area contributed by atoms with Crippen molar-refractivity contribution < 1.29 is 35.8 Å². The molecule has 3 aromatic carbocycles. The number of nitrogens with zero attached hydrogens (tertiary/aromatic N) is 3. The van der Waals surface area contributed by atoms with Crippen LogP contribution >= 0.6 is 0 Å². The molecule has 0 spiro atoms. The van der Waals surface area contributed by atoms with Crippen molar-refractivity contribution in [2.45, 2.75) is 56.1 Å². The van der Waals surface area contributed by atoms with Gasteiger partial charge >= 0.3 is 0 Å². The Balaban J connectivity index is 1.10. The SMILES string of the molecule is CS(=O)(=O)N1CCC(CCN2COCc3cccc4c(NC(=O)C5CCCCN5S(=O)(=O)c5ccc6c(c5)OCCO6)ccc2c34)CC1. The van der Waals surface area contributed by atoms with Gasteiger partial charge in [-0.1, -0.05) is 24.6 Å². The maximum Gasteiger partial charge on any atom is 0.243 e. The van der Waals surface area contributed by atoms with Crippen LogP contribution in [0.3, 0.4) is 0 Å². The number of fused-ring (bicyclic) bond motifs is 1. The monoisotopic (exact) mass is 698 g/mol. The molecule has 0 saturated carbocycles. The van der Waals surface area contributed by atoms with Crippen LogP contribution in [0.1, 0.15) is 44.1 Å². The average molecular weight is 699 g/mol. The predicted octanol–water partition coefficient (Wildman–Crippen LogP) is 4.15. The second-order valence-electron chi connectivity index (χ2n) is 13.0. The Morgan fingerprint density at radius 1 is 0.917 bits per heavy atom. The summed E-state index contributed by atoms with van der Waals surface area (Å²) in [7, 11) is -7.15. The Kier molecular flexibility index (Phi) is 9.28. The minimum atomic E-state index is -3.99. The van der Waals surface area contributed by atoms with Gasteiger partial charge in [-0.3, -0.25) is 4.79 Å². The first-order valence-electron chi connectivity index (χ1n) is 16.6. The number of hydrogen-bond acceptors (Lipinski definition) is 9. The van der Waals surface area contributed by atoms with E-state index in [1.54, 1.807) is 10.4 Å². The molecule has 4 heterocycles. The molecule has 1 unspecified atom stereocenters. The normalized spacial score (nSPS) is 21.2. The Hall–Kier alpha value is -3.43. The van der Waals surface area contributed by atoms with E-state index in [9.17, 15) is 21.6 Å². The molecule has 48 heavy (non-hydrogen) atoms. The highest BCUT2D eigenvalue weighted by molar-refractivity contribution is 7.89. The molecule has 258 valence electrons. The summed E-state index contributed by atoms with van der Waals surface area (Å²) in [5, 5.41) is 4.96. The second kappa shape index (κ2) is 13.5. The van der Waals surface area contributed by atoms with E-state index in [1.807, 2.05) is 30.3 Å². The third kappa shape index (κ3) is 6.60. The van der Waals surface area contributed by atoms with Gasteiger partial charge in [-0.05, 0) is 67.9 Å². The summed E-state index contributed by atoms with van der Waals surface area (Å²) in [6, 6.07) is 13.6. The fourth-order valence-electron chi connectivity index (χ4n) is 7.33. The largest absolute Gasteiger partial charge is 0.486 e. The first-order chi connectivity index (χ1) is 23.1. The van der Waals surface area contributed by atoms with Crippen LogP contribution in [0.4, 0.5) is 11.4 Å². The number of benzene rings is 3. The topological polar surface area (TPSA) is 135 Å². The summed E-state index contributed by atoms with van der Waals surface area (Å²) < 4.78 is 71.9. The highest BCUT2D eigenvalue weighted by Crippen LogP contribution is 2.39. The van der Waals surface area contributed by atoms with E-state index in [0.29, 0.717) is 75.6 Å². The third-order valence-electron chi connectivity index (χ3n) is 9.93. The lowest BCUT2D eigenvalue weighted by Gasteiger charge is -2.34. The summed E-state index contributed by atoms with van der Waals surface area (Å²) in [6.07, 6.45) is 5.68. The third-order valence-corrected chi connectivity index (χ3v) is 13.1. The zero-order valence-corrected chi connectivity index (χ0v) is 28.7. The van der Waals surface area contributed by atoms with Crippen LogP contribution in [-0.2, 0) is 36.2 Å². The maximum atomic E-state index is 13.9. The Morgan fingerprint density at radius 2 is 1.71 bits per heavy atom. The number of ether oxygens (including phenoxy) is 3. The maximum absolute atomic E-state index is 13.9. The molecule has 4 aliphatic heterocycles. The first kappa shape index (κ1) is 33.1. The number of sulfonamides is 2. The second-order valence-corrected chi connectivity index (χ2v) is 16.9. The van der Waals surface area contributed by atoms with Gasteiger partial charge in [0, 0.05) is 54.4 Å². The molecular weight excluding hydrogens is 657 g/mol. The lowest BCUT2D eigenvalue weighted by molar-refractivity contribution is -0.120. The van der Waals surface area contributed by atoms with Gasteiger partial charge in [-0.2, -0.15) is 4.31 Å². The molecule has 0 aromatic heterocycles. The molecule has 3 aromatic rings. The number of nitrogens with one attached hydrogen (secondary N) is 1. The van der Waals surface area contributed by atoms with Crippen molar-refractivity contribution in [1.29, 1.82) is 0 Å². The Morgan fingerprint density at radius 3 is 2.50 bits per heavy atom. The summed E-state index contributed by atoms with van der Waals surface area (Å²) in [6.45, 7) is 3.71. The molecule has 12 nitrogen and oxygen atoms in total. The number of carbonyl (C=O) groups excluding carboxylic acids is 1. The molecule has 0 bridgehead atoms. The molecule has 2 fully saturated rings. The predicted molar refractivity (Wildman–Crippen MR) is 182 cm³/mol. The van der Waals surface area contributed by atoms with Crippen LogP contribution in [0.5, 0.6) is 11.5 Å². The fraction of sp³-hybridized carbons (Fsp3) is 0.500. The van der Waals surface area contributed by atoms with Gasteiger partial charge in [0.2, 0.25) is 26.0 Å². The number of amides is 1. The van der Waals surface area contributed by atoms with Gasteiger partial charge < -0.3 is 24.4 Å². The lowest BCUT2D eigenvalue weighted by Crippen LogP contribution is -2.49. The molecule has 1 N–H and O–H groups in total. The molecule has 2 saturated heterocycles. The number of hydrogen-bond donors (Lipinski definition) is 1. The van der Waals surface area contributed by atoms with Gasteiger partial charge in [-0.15, -0.1) is 0 Å². The zero-order chi connectivity index (χ0) is 33.5. The Bertz CT molecular complexity index is 1910. The van der Waals surface area contributed by atoms with Crippen LogP contribution in [0.2, 0.25) is 0 Å². The Labute approximate surface area is 282 Å². The highest BCUT2D eigenvalue weighted by Gasteiger charge is 2.38. The lowest BCUT2D eigenvalue weighted by atomic mass is 9.94. The van der Waals surface area contributed by atoms with Gasteiger partial charge in [-0.25, -0.2) is 21.1 Å². The minimum absolute atomic E-state index is 0.0744. The molecule has 0 aliphatic carbocycles. The van der Waals surface area contributed by atoms with Crippen molar-refractivity contribution in [2.24, 2.45) is 5.92 Å². The van der Waals surface area contributed by atoms with Crippen LogP contribution in [0.25, 0.3) is 10.8 Å². The van der Waals surface area contributed by atoms with Gasteiger partial charge in [0.25, 0.3) is 0 Å². The van der Waals surface area contributed by atoms with E-state index in [2.05, 4.69) is 10.2 Å². The van der Waals surface area contributed by atoms with Crippen LogP contribution in [-0.4, -0.2) is 89.8 Å². The number of anilines is 2. The molecule has 7 rings (SSSR count). The summed E-state index contributed by atoms with van der Waals surface area (Å²) >= 11 is 0. The summed E-state index contributed by atoms with van der Waals surface area (Å²) in [5.74, 6) is 0.951. The standard InChI is InChI=1S/C34H42N4O8S2/c1-47(40,41)37-17-13-24(14-18-37)12-16-36-23-44-22-25-5-4-6-27-28(9-10-29(36)33(25)27)35-34(39)30-7-2-3-15-38(30)48(42,43)26-8-11-31-32(21-26)46-20-19-45-31/h4-6,8-11,21,24,30H,2-3,7,12-20,22-23H2,1H3,(H,35,39). The fourth-order valence-corrected chi connectivity index (χ4v) is 9.88. The van der Waals surface area contributed by atoms with Gasteiger partial charge in [0.05, 0.1) is 17.8 Å². The van der Waals surface area contributed by atoms with Gasteiger partial charge in [0.15, 0.2) is 11.5 Å². The van der Waals surface area contributed by atoms with Gasteiger partial charge in [0.1, 0.15) is 26.0 Å².